The van der Waals surface area contributed by atoms with Crippen LogP contribution in [0.5, 0.6) is 0 Å². The van der Waals surface area contributed by atoms with Crippen LogP contribution in [0.2, 0.25) is 0 Å². The number of thiol groups is 1. The van der Waals surface area contributed by atoms with Gasteiger partial charge in [0, 0.05) is 5.75 Å². The predicted molar refractivity (Wildman–Crippen MR) is 109 cm³/mol. The summed E-state index contributed by atoms with van der Waals surface area (Å²) < 4.78 is 0. The first kappa shape index (κ1) is 26.1. The zero-order valence-electron chi connectivity index (χ0n) is 16.6. The van der Waals surface area contributed by atoms with Crippen LogP contribution >= 0.6 is 12.6 Å². The Morgan fingerprint density at radius 1 is 0.964 bits per heavy atom. The van der Waals surface area contributed by atoms with Gasteiger partial charge in [-0.2, -0.15) is 12.6 Å². The molecule has 0 radical (unpaired) electrons. The maximum atomic E-state index is 12.6. The molecule has 162 valence electrons. The molecule has 0 spiro atoms. The Kier molecular flexibility index (Phi) is 12.5. The SMILES string of the molecule is CC(NC(=O)C(CS)NC(=O)C(NC(=O)C(N)CCCCN)C(C)C)C(=O)O. The van der Waals surface area contributed by atoms with Crippen molar-refractivity contribution in [3.8, 4) is 0 Å². The molecule has 0 aromatic heterocycles. The summed E-state index contributed by atoms with van der Waals surface area (Å²) in [6.45, 7) is 5.30. The second-order valence-electron chi connectivity index (χ2n) is 6.93. The van der Waals surface area contributed by atoms with Gasteiger partial charge in [-0.15, -0.1) is 0 Å². The van der Waals surface area contributed by atoms with E-state index in [2.05, 4.69) is 28.6 Å². The summed E-state index contributed by atoms with van der Waals surface area (Å²) in [6.07, 6.45) is 1.90. The van der Waals surface area contributed by atoms with E-state index in [0.29, 0.717) is 19.4 Å². The molecule has 11 heteroatoms. The van der Waals surface area contributed by atoms with Gasteiger partial charge in [0.2, 0.25) is 17.7 Å². The Bertz CT molecular complexity index is 546. The quantitative estimate of drug-likeness (QED) is 0.142. The maximum Gasteiger partial charge on any atom is 0.325 e. The summed E-state index contributed by atoms with van der Waals surface area (Å²) in [7, 11) is 0. The molecule has 0 aliphatic rings. The Morgan fingerprint density at radius 3 is 2.04 bits per heavy atom. The number of carboxylic acids is 1. The van der Waals surface area contributed by atoms with Crippen LogP contribution in [0.3, 0.4) is 0 Å². The highest BCUT2D eigenvalue weighted by Crippen LogP contribution is 2.05. The molecule has 0 heterocycles. The molecule has 0 aromatic rings. The topological polar surface area (TPSA) is 177 Å². The number of carboxylic acid groups (broad SMARTS) is 1. The molecule has 0 fully saturated rings. The third-order valence-electron chi connectivity index (χ3n) is 4.10. The largest absolute Gasteiger partial charge is 0.480 e. The molecule has 4 atom stereocenters. The first-order chi connectivity index (χ1) is 13.0. The fourth-order valence-electron chi connectivity index (χ4n) is 2.27. The van der Waals surface area contributed by atoms with Crippen LogP contribution in [0, 0.1) is 5.92 Å². The minimum Gasteiger partial charge on any atom is -0.480 e. The number of unbranched alkanes of at least 4 members (excludes halogenated alkanes) is 1. The number of hydrogen-bond donors (Lipinski definition) is 7. The van der Waals surface area contributed by atoms with Crippen molar-refractivity contribution in [1.82, 2.24) is 16.0 Å². The Morgan fingerprint density at radius 2 is 1.57 bits per heavy atom. The van der Waals surface area contributed by atoms with E-state index < -0.39 is 47.9 Å². The predicted octanol–water partition coefficient (Wildman–Crippen LogP) is -1.41. The van der Waals surface area contributed by atoms with E-state index in [4.69, 9.17) is 16.6 Å². The smallest absolute Gasteiger partial charge is 0.325 e. The lowest BCUT2D eigenvalue weighted by Crippen LogP contribution is -2.58. The summed E-state index contributed by atoms with van der Waals surface area (Å²) in [5.74, 6) is -3.21. The van der Waals surface area contributed by atoms with Crippen LogP contribution in [-0.4, -0.2) is 65.3 Å². The monoisotopic (exact) mass is 419 g/mol. The van der Waals surface area contributed by atoms with E-state index >= 15 is 0 Å². The molecule has 0 rings (SSSR count). The molecular weight excluding hydrogens is 386 g/mol. The van der Waals surface area contributed by atoms with Gasteiger partial charge in [-0.3, -0.25) is 19.2 Å². The van der Waals surface area contributed by atoms with Crippen LogP contribution in [0.1, 0.15) is 40.0 Å². The number of aliphatic carboxylic acids is 1. The molecule has 3 amide bonds. The summed E-state index contributed by atoms with van der Waals surface area (Å²) in [6, 6.07) is -3.82. The Hall–Kier alpha value is -1.85. The van der Waals surface area contributed by atoms with Crippen LogP contribution in [0.15, 0.2) is 0 Å². The van der Waals surface area contributed by atoms with Gasteiger partial charge >= 0.3 is 5.97 Å². The molecule has 10 nitrogen and oxygen atoms in total. The van der Waals surface area contributed by atoms with Crippen LogP contribution in [0.4, 0.5) is 0 Å². The first-order valence-corrected chi connectivity index (χ1v) is 9.88. The molecule has 0 aliphatic carbocycles. The third-order valence-corrected chi connectivity index (χ3v) is 4.46. The van der Waals surface area contributed by atoms with Gasteiger partial charge in [0.05, 0.1) is 6.04 Å². The third kappa shape index (κ3) is 9.38. The molecule has 0 aliphatic heterocycles. The highest BCUT2D eigenvalue weighted by atomic mass is 32.1. The Labute approximate surface area is 171 Å². The number of carbonyl (C=O) groups excluding carboxylic acids is 3. The van der Waals surface area contributed by atoms with E-state index in [1.54, 1.807) is 13.8 Å². The van der Waals surface area contributed by atoms with Gasteiger partial charge in [-0.1, -0.05) is 20.3 Å². The molecular formula is C17H33N5O5S. The van der Waals surface area contributed by atoms with Crippen LogP contribution in [-0.2, 0) is 19.2 Å². The fourth-order valence-corrected chi connectivity index (χ4v) is 2.52. The van der Waals surface area contributed by atoms with Gasteiger partial charge in [0.1, 0.15) is 18.1 Å². The normalized spacial score (nSPS) is 15.2. The van der Waals surface area contributed by atoms with E-state index in [-0.39, 0.29) is 11.7 Å². The zero-order valence-corrected chi connectivity index (χ0v) is 17.5. The van der Waals surface area contributed by atoms with Crippen LogP contribution in [0.25, 0.3) is 0 Å². The maximum absolute atomic E-state index is 12.6. The molecule has 0 bridgehead atoms. The van der Waals surface area contributed by atoms with Crippen LogP contribution < -0.4 is 27.4 Å². The molecule has 0 saturated carbocycles. The van der Waals surface area contributed by atoms with Crippen molar-refractivity contribution in [2.24, 2.45) is 17.4 Å². The van der Waals surface area contributed by atoms with Crippen molar-refractivity contribution in [3.63, 3.8) is 0 Å². The number of nitrogens with two attached hydrogens (primary N) is 2. The summed E-state index contributed by atoms with van der Waals surface area (Å²) in [4.78, 5) is 47.8. The number of rotatable bonds is 13. The molecule has 28 heavy (non-hydrogen) atoms. The average Bonchev–Trinajstić information content (AvgIpc) is 2.62. The highest BCUT2D eigenvalue weighted by Gasteiger charge is 2.30. The van der Waals surface area contributed by atoms with Gasteiger partial charge in [0.25, 0.3) is 0 Å². The summed E-state index contributed by atoms with van der Waals surface area (Å²) in [5, 5.41) is 16.2. The fraction of sp³-hybridized carbons (Fsp3) is 0.765. The van der Waals surface area contributed by atoms with E-state index in [1.807, 2.05) is 0 Å². The minimum atomic E-state index is -1.20. The molecule has 0 aromatic carbocycles. The lowest BCUT2D eigenvalue weighted by Gasteiger charge is -2.26. The second-order valence-corrected chi connectivity index (χ2v) is 7.30. The van der Waals surface area contributed by atoms with Gasteiger partial charge in [-0.25, -0.2) is 0 Å². The zero-order chi connectivity index (χ0) is 21.9. The lowest BCUT2D eigenvalue weighted by molar-refractivity contribution is -0.141. The van der Waals surface area contributed by atoms with Crippen molar-refractivity contribution >= 4 is 36.3 Å². The van der Waals surface area contributed by atoms with Crippen molar-refractivity contribution < 1.29 is 24.3 Å². The van der Waals surface area contributed by atoms with E-state index in [9.17, 15) is 19.2 Å². The number of hydrogen-bond acceptors (Lipinski definition) is 7. The van der Waals surface area contributed by atoms with Crippen molar-refractivity contribution in [2.75, 3.05) is 12.3 Å². The molecule has 8 N–H and O–H groups in total. The first-order valence-electron chi connectivity index (χ1n) is 9.25. The van der Waals surface area contributed by atoms with Crippen molar-refractivity contribution in [2.45, 2.75) is 64.2 Å². The second kappa shape index (κ2) is 13.3. The number of nitrogens with one attached hydrogen (secondary N) is 3. The van der Waals surface area contributed by atoms with Gasteiger partial charge in [0.15, 0.2) is 0 Å². The van der Waals surface area contributed by atoms with Crippen molar-refractivity contribution in [3.05, 3.63) is 0 Å². The van der Waals surface area contributed by atoms with E-state index in [1.165, 1.54) is 6.92 Å². The highest BCUT2D eigenvalue weighted by molar-refractivity contribution is 7.80. The number of carbonyl (C=O) groups is 4. The molecule has 0 saturated heterocycles. The minimum absolute atomic E-state index is 0.0404. The summed E-state index contributed by atoms with van der Waals surface area (Å²) in [5.41, 5.74) is 11.3. The van der Waals surface area contributed by atoms with Gasteiger partial charge in [-0.05, 0) is 32.2 Å². The van der Waals surface area contributed by atoms with Crippen molar-refractivity contribution in [1.29, 1.82) is 0 Å². The summed E-state index contributed by atoms with van der Waals surface area (Å²) >= 11 is 4.03. The number of amides is 3. The molecule has 4 unspecified atom stereocenters. The van der Waals surface area contributed by atoms with E-state index in [0.717, 1.165) is 6.42 Å². The average molecular weight is 420 g/mol. The lowest BCUT2D eigenvalue weighted by atomic mass is 10.0. The van der Waals surface area contributed by atoms with Gasteiger partial charge < -0.3 is 32.5 Å². The Balaban J connectivity index is 4.92. The standard InChI is InChI=1S/C17H33N5O5S/c1-9(2)13(22-14(23)11(19)6-4-5-7-18)16(25)21-12(8-28)15(24)20-10(3)17(26)27/h9-13,28H,4-8,18-19H2,1-3H3,(H,20,24)(H,21,25)(H,22,23)(H,26,27).